The van der Waals surface area contributed by atoms with Gasteiger partial charge in [-0.25, -0.2) is 4.79 Å². The van der Waals surface area contributed by atoms with Gasteiger partial charge in [-0.05, 0) is 60.7 Å². The second kappa shape index (κ2) is 8.31. The van der Waals surface area contributed by atoms with Gasteiger partial charge in [-0.2, -0.15) is 0 Å². The van der Waals surface area contributed by atoms with E-state index in [0.717, 1.165) is 24.3 Å². The minimum atomic E-state index is -0.429. The number of fused-ring (bicyclic) bond motifs is 3. The number of hydrogen-bond donors (Lipinski definition) is 1. The largest absolute Gasteiger partial charge is 0.343 e. The topological polar surface area (TPSA) is 59.1 Å². The lowest BCUT2D eigenvalue weighted by atomic mass is 10.0. The van der Waals surface area contributed by atoms with Crippen molar-refractivity contribution in [2.24, 2.45) is 5.92 Å². The van der Waals surface area contributed by atoms with Crippen molar-refractivity contribution >= 4 is 29.2 Å². The Kier molecular flexibility index (Phi) is 5.59. The number of likely N-dealkylation sites (N-methyl/N-ethyl adjacent to an activating group) is 1. The fourth-order valence-corrected chi connectivity index (χ4v) is 5.37. The summed E-state index contributed by atoms with van der Waals surface area (Å²) in [6, 6.07) is 13.1. The summed E-state index contributed by atoms with van der Waals surface area (Å²) in [6.45, 7) is 8.36. The number of imide groups is 1. The van der Waals surface area contributed by atoms with Crippen LogP contribution in [0.3, 0.4) is 0 Å². The Morgan fingerprint density at radius 3 is 2.45 bits per heavy atom. The highest BCUT2D eigenvalue weighted by molar-refractivity contribution is 6.30. The first-order chi connectivity index (χ1) is 15.7. The number of benzene rings is 2. The third kappa shape index (κ3) is 3.78. The van der Waals surface area contributed by atoms with Gasteiger partial charge < -0.3 is 9.80 Å². The first-order valence-corrected chi connectivity index (χ1v) is 11.8. The predicted octanol–water partition coefficient (Wildman–Crippen LogP) is 3.39. The van der Waals surface area contributed by atoms with Crippen LogP contribution in [0.4, 0.5) is 10.5 Å². The Bertz CT molecular complexity index is 1090. The Morgan fingerprint density at radius 2 is 1.76 bits per heavy atom. The number of amides is 3. The van der Waals surface area contributed by atoms with E-state index in [0.29, 0.717) is 10.9 Å². The summed E-state index contributed by atoms with van der Waals surface area (Å²) in [7, 11) is 1.77. The molecule has 3 heterocycles. The molecule has 0 spiro atoms. The van der Waals surface area contributed by atoms with Crippen LogP contribution >= 0.6 is 11.6 Å². The number of urea groups is 1. The molecule has 0 aliphatic carbocycles. The molecule has 3 fully saturated rings. The van der Waals surface area contributed by atoms with E-state index >= 15 is 0 Å². The molecule has 174 valence electrons. The van der Waals surface area contributed by atoms with Crippen molar-refractivity contribution < 1.29 is 9.59 Å². The number of anilines is 1. The number of rotatable bonds is 3. The van der Waals surface area contributed by atoms with Crippen LogP contribution in [0, 0.1) is 19.8 Å². The third-order valence-corrected chi connectivity index (χ3v) is 7.41. The molecule has 2 aromatic carbocycles. The van der Waals surface area contributed by atoms with Crippen LogP contribution in [0.1, 0.15) is 23.6 Å². The molecule has 0 radical (unpaired) electrons. The van der Waals surface area contributed by atoms with E-state index in [1.54, 1.807) is 24.1 Å². The maximum Gasteiger partial charge on any atom is 0.328 e. The van der Waals surface area contributed by atoms with Crippen LogP contribution in [-0.2, 0) is 11.3 Å². The Labute approximate surface area is 199 Å². The van der Waals surface area contributed by atoms with Gasteiger partial charge in [-0.3, -0.25) is 19.9 Å². The van der Waals surface area contributed by atoms with Crippen molar-refractivity contribution in [1.29, 1.82) is 0 Å². The molecule has 3 aliphatic heterocycles. The van der Waals surface area contributed by atoms with Gasteiger partial charge in [-0.15, -0.1) is 0 Å². The summed E-state index contributed by atoms with van der Waals surface area (Å²) in [5.41, 5.74) is 4.50. The molecule has 5 rings (SSSR count). The van der Waals surface area contributed by atoms with Crippen LogP contribution in [0.5, 0.6) is 0 Å². The van der Waals surface area contributed by atoms with E-state index in [-0.39, 0.29) is 30.9 Å². The Morgan fingerprint density at radius 1 is 1.03 bits per heavy atom. The second-order valence-electron chi connectivity index (χ2n) is 9.60. The van der Waals surface area contributed by atoms with Crippen molar-refractivity contribution in [1.82, 2.24) is 20.0 Å². The number of hydrogen-bond acceptors (Lipinski definition) is 5. The molecular weight excluding hydrogens is 438 g/mol. The van der Waals surface area contributed by atoms with Crippen LogP contribution in [0.25, 0.3) is 0 Å². The van der Waals surface area contributed by atoms with E-state index in [2.05, 4.69) is 54.1 Å². The summed E-state index contributed by atoms with van der Waals surface area (Å²) in [5, 5.41) is 4.22. The summed E-state index contributed by atoms with van der Waals surface area (Å²) in [5.74, 6) is 0.228. The van der Waals surface area contributed by atoms with Crippen molar-refractivity contribution in [3.8, 4) is 0 Å². The molecule has 1 N–H and O–H groups in total. The molecule has 3 amide bonds. The Hall–Kier alpha value is -2.61. The average molecular weight is 468 g/mol. The SMILES string of the molecule is Cc1ccc(N2CC(C)CN3C4C(=O)N(Cc5ccc(Cl)cc5)C(=O)N(C)C4NC23)cc1C. The fourth-order valence-electron chi connectivity index (χ4n) is 5.24. The normalized spacial score (nSPS) is 27.7. The maximum atomic E-state index is 13.7. The molecular formula is C25H30ClN5O2. The quantitative estimate of drug-likeness (QED) is 0.749. The minimum Gasteiger partial charge on any atom is -0.343 e. The van der Waals surface area contributed by atoms with Gasteiger partial charge in [0, 0.05) is 30.8 Å². The number of halogens is 1. The fraction of sp³-hybridized carbons (Fsp3) is 0.440. The summed E-state index contributed by atoms with van der Waals surface area (Å²) < 4.78 is 0. The Balaban J connectivity index is 1.46. The van der Waals surface area contributed by atoms with Gasteiger partial charge in [0.15, 0.2) is 0 Å². The number of carbonyl (C=O) groups is 2. The highest BCUT2D eigenvalue weighted by Gasteiger charge is 2.56. The maximum absolute atomic E-state index is 13.7. The van der Waals surface area contributed by atoms with Crippen LogP contribution in [0.15, 0.2) is 42.5 Å². The molecule has 2 aromatic rings. The van der Waals surface area contributed by atoms with Crippen molar-refractivity contribution in [2.75, 3.05) is 25.0 Å². The minimum absolute atomic E-state index is 0.145. The molecule has 33 heavy (non-hydrogen) atoms. The lowest BCUT2D eigenvalue weighted by Crippen LogP contribution is -2.66. The smallest absolute Gasteiger partial charge is 0.328 e. The molecule has 0 bridgehead atoms. The lowest BCUT2D eigenvalue weighted by molar-refractivity contribution is -0.139. The van der Waals surface area contributed by atoms with E-state index in [4.69, 9.17) is 11.6 Å². The van der Waals surface area contributed by atoms with Gasteiger partial charge in [0.25, 0.3) is 5.91 Å². The molecule has 0 aromatic heterocycles. The number of nitrogens with one attached hydrogen (secondary N) is 1. The van der Waals surface area contributed by atoms with Gasteiger partial charge in [0.05, 0.1) is 6.54 Å². The van der Waals surface area contributed by atoms with Gasteiger partial charge in [-0.1, -0.05) is 36.7 Å². The zero-order chi connectivity index (χ0) is 23.4. The standard InChI is InChI=1S/C25H30ClN5O2/c1-15-12-29(20-10-5-16(2)17(3)11-20)24-27-22-21(30(24)13-15)23(32)31(25(33)28(22)4)14-18-6-8-19(26)9-7-18/h5-11,15,21-22,24,27H,12-14H2,1-4H3. The first-order valence-electron chi connectivity index (χ1n) is 11.4. The summed E-state index contributed by atoms with van der Waals surface area (Å²) in [4.78, 5) is 34.5. The zero-order valence-corrected chi connectivity index (χ0v) is 20.2. The molecule has 0 saturated carbocycles. The molecule has 3 saturated heterocycles. The molecule has 7 nitrogen and oxygen atoms in total. The van der Waals surface area contributed by atoms with E-state index < -0.39 is 6.04 Å². The van der Waals surface area contributed by atoms with E-state index in [1.165, 1.54) is 16.0 Å². The van der Waals surface area contributed by atoms with Crippen molar-refractivity contribution in [3.05, 3.63) is 64.2 Å². The highest BCUT2D eigenvalue weighted by Crippen LogP contribution is 2.35. The second-order valence-corrected chi connectivity index (χ2v) is 10.0. The predicted molar refractivity (Wildman–Crippen MR) is 129 cm³/mol. The molecule has 8 heteroatoms. The number of aryl methyl sites for hydroxylation is 2. The highest BCUT2D eigenvalue weighted by atomic mass is 35.5. The van der Waals surface area contributed by atoms with E-state index in [1.807, 2.05) is 12.1 Å². The first kappa shape index (κ1) is 22.2. The third-order valence-electron chi connectivity index (χ3n) is 7.16. The van der Waals surface area contributed by atoms with Crippen molar-refractivity contribution in [3.63, 3.8) is 0 Å². The van der Waals surface area contributed by atoms with E-state index in [9.17, 15) is 9.59 Å². The van der Waals surface area contributed by atoms with Crippen LogP contribution < -0.4 is 10.2 Å². The molecule has 4 atom stereocenters. The summed E-state index contributed by atoms with van der Waals surface area (Å²) in [6.07, 6.45) is -0.510. The van der Waals surface area contributed by atoms with Crippen molar-refractivity contribution in [2.45, 2.75) is 45.8 Å². The monoisotopic (exact) mass is 467 g/mol. The molecule has 4 unspecified atom stereocenters. The zero-order valence-electron chi connectivity index (χ0n) is 19.5. The average Bonchev–Trinajstić information content (AvgIpc) is 3.17. The van der Waals surface area contributed by atoms with Crippen LogP contribution in [-0.4, -0.2) is 65.3 Å². The van der Waals surface area contributed by atoms with Gasteiger partial charge in [0.2, 0.25) is 0 Å². The van der Waals surface area contributed by atoms with Gasteiger partial charge >= 0.3 is 6.03 Å². The number of nitrogens with zero attached hydrogens (tertiary/aromatic N) is 4. The molecule has 3 aliphatic rings. The number of carbonyl (C=O) groups excluding carboxylic acids is 2. The van der Waals surface area contributed by atoms with Gasteiger partial charge in [0.1, 0.15) is 18.5 Å². The van der Waals surface area contributed by atoms with Crippen LogP contribution in [0.2, 0.25) is 5.02 Å². The lowest BCUT2D eigenvalue weighted by Gasteiger charge is -2.46. The summed E-state index contributed by atoms with van der Waals surface area (Å²) >= 11 is 6.01.